The average Bonchev–Trinajstić information content (AvgIpc) is 2.36. The van der Waals surface area contributed by atoms with Gasteiger partial charge in [0.2, 0.25) is 0 Å². The van der Waals surface area contributed by atoms with Crippen molar-refractivity contribution < 1.29 is 14.7 Å². The van der Waals surface area contributed by atoms with E-state index < -0.39 is 5.97 Å². The van der Waals surface area contributed by atoms with Gasteiger partial charge in [0.05, 0.1) is 5.56 Å². The molecule has 58 valence electrons. The molecule has 1 rings (SSSR count). The van der Waals surface area contributed by atoms with E-state index in [0.29, 0.717) is 11.2 Å². The Hall–Kier alpha value is -1.16. The summed E-state index contributed by atoms with van der Waals surface area (Å²) in [6, 6.07) is 1.51. The van der Waals surface area contributed by atoms with E-state index in [1.807, 2.05) is 0 Å². The van der Waals surface area contributed by atoms with Gasteiger partial charge in [-0.1, -0.05) is 0 Å². The fraction of sp³-hybridized carbons (Fsp3) is 0.143. The Morgan fingerprint density at radius 2 is 2.45 bits per heavy atom. The van der Waals surface area contributed by atoms with Crippen LogP contribution in [0.4, 0.5) is 0 Å². The molecule has 0 unspecified atom stereocenters. The maximum absolute atomic E-state index is 10.4. The molecule has 0 saturated carbocycles. The van der Waals surface area contributed by atoms with E-state index in [-0.39, 0.29) is 12.0 Å². The molecule has 1 N–H and O–H groups in total. The van der Waals surface area contributed by atoms with Gasteiger partial charge in [-0.25, -0.2) is 4.79 Å². The molecule has 0 aliphatic rings. The van der Waals surface area contributed by atoms with E-state index in [2.05, 4.69) is 0 Å². The third-order valence-electron chi connectivity index (χ3n) is 1.24. The topological polar surface area (TPSA) is 54.4 Å². The fourth-order valence-corrected chi connectivity index (χ4v) is 1.58. The molecule has 0 radical (unpaired) electrons. The quantitative estimate of drug-likeness (QED) is 0.693. The van der Waals surface area contributed by atoms with Gasteiger partial charge < -0.3 is 9.90 Å². The Bertz CT molecular complexity index is 277. The number of carboxylic acids is 1. The van der Waals surface area contributed by atoms with Gasteiger partial charge in [-0.15, -0.1) is 11.3 Å². The highest BCUT2D eigenvalue weighted by Gasteiger charge is 2.09. The van der Waals surface area contributed by atoms with Gasteiger partial charge >= 0.3 is 5.97 Å². The molecule has 0 bridgehead atoms. The van der Waals surface area contributed by atoms with Crippen LogP contribution in [0.3, 0.4) is 0 Å². The van der Waals surface area contributed by atoms with E-state index in [4.69, 9.17) is 5.11 Å². The van der Waals surface area contributed by atoms with E-state index in [9.17, 15) is 9.59 Å². The van der Waals surface area contributed by atoms with Crippen molar-refractivity contribution in [2.24, 2.45) is 0 Å². The first-order chi connectivity index (χ1) is 5.25. The lowest BCUT2D eigenvalue weighted by Gasteiger charge is -1.90. The van der Waals surface area contributed by atoms with Crippen LogP contribution in [0.25, 0.3) is 0 Å². The predicted octanol–water partition coefficient (Wildman–Crippen LogP) is 1.19. The number of carboxylic acid groups (broad SMARTS) is 1. The molecule has 0 amide bonds. The predicted molar refractivity (Wildman–Crippen MR) is 41.0 cm³/mol. The van der Waals surface area contributed by atoms with Gasteiger partial charge in [0.1, 0.15) is 6.29 Å². The zero-order valence-electron chi connectivity index (χ0n) is 5.61. The number of thiophene rings is 1. The number of aldehydes is 1. The molecule has 1 aromatic rings. The molecule has 11 heavy (non-hydrogen) atoms. The number of aromatic carboxylic acids is 1. The number of hydrogen-bond donors (Lipinski definition) is 1. The number of rotatable bonds is 3. The second-order valence-corrected chi connectivity index (χ2v) is 2.93. The molecule has 0 spiro atoms. The summed E-state index contributed by atoms with van der Waals surface area (Å²) in [7, 11) is 0. The van der Waals surface area contributed by atoms with Gasteiger partial charge in [0, 0.05) is 11.3 Å². The van der Waals surface area contributed by atoms with Crippen molar-refractivity contribution >= 4 is 23.6 Å². The zero-order chi connectivity index (χ0) is 8.27. The van der Waals surface area contributed by atoms with Crippen molar-refractivity contribution in [1.82, 2.24) is 0 Å². The molecule has 0 aromatic carbocycles. The van der Waals surface area contributed by atoms with Crippen molar-refractivity contribution in [1.29, 1.82) is 0 Å². The molecule has 1 aromatic heterocycles. The molecule has 0 saturated heterocycles. The third kappa shape index (κ3) is 1.65. The van der Waals surface area contributed by atoms with Gasteiger partial charge in [0.25, 0.3) is 0 Å². The largest absolute Gasteiger partial charge is 0.478 e. The fourth-order valence-electron chi connectivity index (χ4n) is 0.765. The van der Waals surface area contributed by atoms with Crippen LogP contribution < -0.4 is 0 Å². The smallest absolute Gasteiger partial charge is 0.336 e. The van der Waals surface area contributed by atoms with Crippen LogP contribution in [-0.2, 0) is 11.2 Å². The second kappa shape index (κ2) is 3.30. The van der Waals surface area contributed by atoms with E-state index in [0.717, 1.165) is 0 Å². The van der Waals surface area contributed by atoms with Crippen LogP contribution >= 0.6 is 11.3 Å². The Morgan fingerprint density at radius 3 is 3.00 bits per heavy atom. The Balaban J connectivity index is 2.95. The first kappa shape index (κ1) is 7.94. The molecule has 0 aliphatic carbocycles. The monoisotopic (exact) mass is 170 g/mol. The average molecular weight is 170 g/mol. The van der Waals surface area contributed by atoms with Gasteiger partial charge in [-0.2, -0.15) is 0 Å². The van der Waals surface area contributed by atoms with Crippen LogP contribution in [0.2, 0.25) is 0 Å². The first-order valence-corrected chi connectivity index (χ1v) is 3.87. The Kier molecular flexibility index (Phi) is 2.38. The first-order valence-electron chi connectivity index (χ1n) is 2.99. The molecule has 0 atom stereocenters. The van der Waals surface area contributed by atoms with Crippen LogP contribution in [0.5, 0.6) is 0 Å². The molecule has 1 heterocycles. The maximum atomic E-state index is 10.4. The van der Waals surface area contributed by atoms with Crippen LogP contribution in [0.15, 0.2) is 11.4 Å². The lowest BCUT2D eigenvalue weighted by atomic mass is 10.2. The van der Waals surface area contributed by atoms with Gasteiger partial charge in [-0.3, -0.25) is 0 Å². The molecule has 4 heteroatoms. The normalized spacial score (nSPS) is 9.45. The maximum Gasteiger partial charge on any atom is 0.336 e. The third-order valence-corrected chi connectivity index (χ3v) is 2.19. The lowest BCUT2D eigenvalue weighted by Crippen LogP contribution is -1.98. The number of carbonyl (C=O) groups excluding carboxylic acids is 1. The summed E-state index contributed by atoms with van der Waals surface area (Å²) in [6.07, 6.45) is 0.900. The van der Waals surface area contributed by atoms with Crippen LogP contribution in [-0.4, -0.2) is 17.4 Å². The summed E-state index contributed by atoms with van der Waals surface area (Å²) in [5.41, 5.74) is 0.238. The van der Waals surface area contributed by atoms with E-state index >= 15 is 0 Å². The molecule has 0 fully saturated rings. The van der Waals surface area contributed by atoms with Gasteiger partial charge in [0.15, 0.2) is 0 Å². The van der Waals surface area contributed by atoms with Crippen LogP contribution in [0.1, 0.15) is 15.2 Å². The Morgan fingerprint density at radius 1 is 1.73 bits per heavy atom. The molecular formula is C7H6O3S. The van der Waals surface area contributed by atoms with Crippen LogP contribution in [0, 0.1) is 0 Å². The second-order valence-electron chi connectivity index (χ2n) is 1.93. The summed E-state index contributed by atoms with van der Waals surface area (Å²) in [6.45, 7) is 0. The molecule has 0 aliphatic heterocycles. The summed E-state index contributed by atoms with van der Waals surface area (Å²) >= 11 is 1.29. The van der Waals surface area contributed by atoms with Crippen molar-refractivity contribution in [3.05, 3.63) is 21.9 Å². The standard InChI is InChI=1S/C7H6O3S/c8-3-1-6-5(7(9)10)2-4-11-6/h2-4H,1H2,(H,9,10). The van der Waals surface area contributed by atoms with Crippen molar-refractivity contribution in [2.75, 3.05) is 0 Å². The summed E-state index contributed by atoms with van der Waals surface area (Å²) < 4.78 is 0. The van der Waals surface area contributed by atoms with Crippen molar-refractivity contribution in [2.45, 2.75) is 6.42 Å². The number of carbonyl (C=O) groups is 2. The number of hydrogen-bond acceptors (Lipinski definition) is 3. The molecular weight excluding hydrogens is 164 g/mol. The van der Waals surface area contributed by atoms with Crippen molar-refractivity contribution in [3.63, 3.8) is 0 Å². The minimum atomic E-state index is -0.969. The summed E-state index contributed by atoms with van der Waals surface area (Å²) in [5, 5.41) is 10.2. The van der Waals surface area contributed by atoms with Crippen molar-refractivity contribution in [3.8, 4) is 0 Å². The molecule has 3 nitrogen and oxygen atoms in total. The zero-order valence-corrected chi connectivity index (χ0v) is 6.43. The minimum Gasteiger partial charge on any atom is -0.478 e. The summed E-state index contributed by atoms with van der Waals surface area (Å²) in [5.74, 6) is -0.969. The minimum absolute atomic E-state index is 0.194. The SMILES string of the molecule is O=CCc1sccc1C(=O)O. The lowest BCUT2D eigenvalue weighted by molar-refractivity contribution is -0.107. The Labute approximate surface area is 67.3 Å². The highest BCUT2D eigenvalue weighted by Crippen LogP contribution is 2.16. The van der Waals surface area contributed by atoms with E-state index in [1.165, 1.54) is 17.4 Å². The van der Waals surface area contributed by atoms with E-state index in [1.54, 1.807) is 5.38 Å². The highest BCUT2D eigenvalue weighted by molar-refractivity contribution is 7.10. The highest BCUT2D eigenvalue weighted by atomic mass is 32.1. The van der Waals surface area contributed by atoms with Gasteiger partial charge in [-0.05, 0) is 11.4 Å². The summed E-state index contributed by atoms with van der Waals surface area (Å²) in [4.78, 5) is 21.1.